The van der Waals surface area contributed by atoms with Gasteiger partial charge >= 0.3 is 6.18 Å². The summed E-state index contributed by atoms with van der Waals surface area (Å²) in [4.78, 5) is 3.68. The van der Waals surface area contributed by atoms with Crippen LogP contribution in [0.4, 0.5) is 13.2 Å². The van der Waals surface area contributed by atoms with E-state index in [4.69, 9.17) is 0 Å². The SMILES string of the molecule is Oc1ncccc1-c1cc(C(F)(F)F)cc2[nH]ncc12. The number of hydrogen-bond acceptors (Lipinski definition) is 3. The highest BCUT2D eigenvalue weighted by Crippen LogP contribution is 2.38. The maximum absolute atomic E-state index is 12.9. The summed E-state index contributed by atoms with van der Waals surface area (Å²) in [7, 11) is 0. The number of nitrogens with zero attached hydrogens (tertiary/aromatic N) is 2. The summed E-state index contributed by atoms with van der Waals surface area (Å²) in [5.41, 5.74) is -0.107. The first kappa shape index (κ1) is 12.5. The lowest BCUT2D eigenvalue weighted by molar-refractivity contribution is -0.137. The van der Waals surface area contributed by atoms with Gasteiger partial charge in [0.1, 0.15) is 0 Å². The Labute approximate surface area is 110 Å². The largest absolute Gasteiger partial charge is 0.493 e. The molecule has 3 aromatic rings. The standard InChI is InChI=1S/C13H8F3N3O/c14-13(15,16)7-4-9(8-2-1-3-17-12(8)20)10-6-18-19-11(10)5-7/h1-6H,(H,17,20)(H,18,19). The van der Waals surface area contributed by atoms with Gasteiger partial charge in [-0.1, -0.05) is 0 Å². The fraction of sp³-hybridized carbons (Fsp3) is 0.0769. The van der Waals surface area contributed by atoms with Crippen LogP contribution in [0.2, 0.25) is 0 Å². The van der Waals surface area contributed by atoms with Gasteiger partial charge in [0.15, 0.2) is 0 Å². The molecule has 4 nitrogen and oxygen atoms in total. The van der Waals surface area contributed by atoms with E-state index in [-0.39, 0.29) is 22.5 Å². The van der Waals surface area contributed by atoms with Crippen molar-refractivity contribution in [2.75, 3.05) is 0 Å². The van der Waals surface area contributed by atoms with Crippen LogP contribution in [0.1, 0.15) is 5.56 Å². The number of benzene rings is 1. The summed E-state index contributed by atoms with van der Waals surface area (Å²) in [6.45, 7) is 0. The summed E-state index contributed by atoms with van der Waals surface area (Å²) in [5.74, 6) is -0.325. The smallest absolute Gasteiger partial charge is 0.416 e. The molecule has 0 fully saturated rings. The van der Waals surface area contributed by atoms with Gasteiger partial charge in [0, 0.05) is 17.1 Å². The van der Waals surface area contributed by atoms with Crippen molar-refractivity contribution in [3.05, 3.63) is 42.2 Å². The molecule has 7 heteroatoms. The zero-order valence-electron chi connectivity index (χ0n) is 9.94. The topological polar surface area (TPSA) is 61.8 Å². The van der Waals surface area contributed by atoms with E-state index in [0.29, 0.717) is 5.39 Å². The van der Waals surface area contributed by atoms with Crippen LogP contribution in [0.25, 0.3) is 22.0 Å². The van der Waals surface area contributed by atoms with Crippen LogP contribution in [-0.4, -0.2) is 20.3 Å². The number of nitrogens with one attached hydrogen (secondary N) is 1. The van der Waals surface area contributed by atoms with Crippen molar-refractivity contribution in [2.24, 2.45) is 0 Å². The molecule has 3 rings (SSSR count). The Hall–Kier alpha value is -2.57. The number of aromatic nitrogens is 3. The third-order valence-electron chi connectivity index (χ3n) is 2.96. The van der Waals surface area contributed by atoms with Crippen molar-refractivity contribution in [3.8, 4) is 17.0 Å². The molecule has 0 radical (unpaired) electrons. The maximum Gasteiger partial charge on any atom is 0.416 e. The van der Waals surface area contributed by atoms with Gasteiger partial charge in [0.25, 0.3) is 0 Å². The minimum absolute atomic E-state index is 0.227. The Morgan fingerprint density at radius 2 is 1.95 bits per heavy atom. The van der Waals surface area contributed by atoms with Gasteiger partial charge in [0.05, 0.1) is 17.3 Å². The highest BCUT2D eigenvalue weighted by molar-refractivity contribution is 5.96. The fourth-order valence-corrected chi connectivity index (χ4v) is 2.04. The summed E-state index contributed by atoms with van der Waals surface area (Å²) in [6.07, 6.45) is -1.71. The molecule has 0 spiro atoms. The first-order chi connectivity index (χ1) is 9.47. The van der Waals surface area contributed by atoms with Crippen molar-refractivity contribution in [1.29, 1.82) is 0 Å². The van der Waals surface area contributed by atoms with E-state index in [1.807, 2.05) is 0 Å². The number of aromatic amines is 1. The van der Waals surface area contributed by atoms with Gasteiger partial charge in [-0.15, -0.1) is 0 Å². The van der Waals surface area contributed by atoms with E-state index in [9.17, 15) is 18.3 Å². The Bertz CT molecular complexity index is 780. The molecular formula is C13H8F3N3O. The summed E-state index contributed by atoms with van der Waals surface area (Å²) in [6, 6.07) is 5.01. The van der Waals surface area contributed by atoms with Gasteiger partial charge in [-0.2, -0.15) is 18.3 Å². The van der Waals surface area contributed by atoms with Crippen LogP contribution in [0, 0.1) is 0 Å². The average molecular weight is 279 g/mol. The predicted molar refractivity (Wildman–Crippen MR) is 66.0 cm³/mol. The molecule has 20 heavy (non-hydrogen) atoms. The van der Waals surface area contributed by atoms with E-state index in [1.54, 1.807) is 6.07 Å². The van der Waals surface area contributed by atoms with Crippen LogP contribution in [0.15, 0.2) is 36.7 Å². The first-order valence-electron chi connectivity index (χ1n) is 5.65. The molecule has 2 N–H and O–H groups in total. The molecule has 1 aromatic carbocycles. The van der Waals surface area contributed by atoms with Gasteiger partial charge in [0.2, 0.25) is 5.88 Å². The monoisotopic (exact) mass is 279 g/mol. The Morgan fingerprint density at radius 3 is 2.65 bits per heavy atom. The molecule has 0 bridgehead atoms. The highest BCUT2D eigenvalue weighted by Gasteiger charge is 2.32. The van der Waals surface area contributed by atoms with E-state index in [2.05, 4.69) is 15.2 Å². The number of H-pyrrole nitrogens is 1. The lowest BCUT2D eigenvalue weighted by atomic mass is 10.00. The number of halogens is 3. The lowest BCUT2D eigenvalue weighted by Gasteiger charge is -2.11. The van der Waals surface area contributed by atoms with Crippen LogP contribution in [0.3, 0.4) is 0 Å². The summed E-state index contributed by atoms with van der Waals surface area (Å²) < 4.78 is 38.7. The molecule has 0 aliphatic carbocycles. The Kier molecular flexibility index (Phi) is 2.63. The molecule has 0 aliphatic rings. The summed E-state index contributed by atoms with van der Waals surface area (Å²) in [5, 5.41) is 16.5. The number of hydrogen-bond donors (Lipinski definition) is 2. The molecular weight excluding hydrogens is 271 g/mol. The molecule has 0 amide bonds. The fourth-order valence-electron chi connectivity index (χ4n) is 2.04. The van der Waals surface area contributed by atoms with Crippen molar-refractivity contribution in [1.82, 2.24) is 15.2 Å². The molecule has 2 heterocycles. The van der Waals surface area contributed by atoms with Crippen LogP contribution in [0.5, 0.6) is 5.88 Å². The zero-order valence-corrected chi connectivity index (χ0v) is 9.94. The quantitative estimate of drug-likeness (QED) is 0.718. The predicted octanol–water partition coefficient (Wildman–Crippen LogP) is 3.35. The molecule has 0 atom stereocenters. The molecule has 0 saturated heterocycles. The summed E-state index contributed by atoms with van der Waals surface area (Å²) >= 11 is 0. The molecule has 2 aromatic heterocycles. The maximum atomic E-state index is 12.9. The van der Waals surface area contributed by atoms with E-state index >= 15 is 0 Å². The number of alkyl halides is 3. The van der Waals surface area contributed by atoms with Crippen molar-refractivity contribution in [2.45, 2.75) is 6.18 Å². The van der Waals surface area contributed by atoms with E-state index in [1.165, 1.54) is 18.5 Å². The Morgan fingerprint density at radius 1 is 1.15 bits per heavy atom. The van der Waals surface area contributed by atoms with Gasteiger partial charge in [-0.05, 0) is 29.8 Å². The number of rotatable bonds is 1. The number of aromatic hydroxyl groups is 1. The third-order valence-corrected chi connectivity index (χ3v) is 2.96. The zero-order chi connectivity index (χ0) is 14.3. The van der Waals surface area contributed by atoms with Gasteiger partial charge < -0.3 is 5.11 Å². The van der Waals surface area contributed by atoms with Gasteiger partial charge in [-0.3, -0.25) is 5.10 Å². The third kappa shape index (κ3) is 1.97. The molecule has 0 saturated carbocycles. The minimum Gasteiger partial charge on any atom is -0.493 e. The second kappa shape index (κ2) is 4.22. The van der Waals surface area contributed by atoms with Crippen molar-refractivity contribution in [3.63, 3.8) is 0 Å². The van der Waals surface area contributed by atoms with Crippen LogP contribution < -0.4 is 0 Å². The van der Waals surface area contributed by atoms with Crippen molar-refractivity contribution < 1.29 is 18.3 Å². The van der Waals surface area contributed by atoms with Crippen LogP contribution in [-0.2, 0) is 6.18 Å². The van der Waals surface area contributed by atoms with Crippen molar-refractivity contribution >= 4 is 10.9 Å². The second-order valence-corrected chi connectivity index (χ2v) is 4.23. The minimum atomic E-state index is -4.48. The number of fused-ring (bicyclic) bond motifs is 1. The van der Waals surface area contributed by atoms with Gasteiger partial charge in [-0.25, -0.2) is 4.98 Å². The normalized spacial score (nSPS) is 11.9. The van der Waals surface area contributed by atoms with E-state index < -0.39 is 11.7 Å². The molecule has 102 valence electrons. The van der Waals surface area contributed by atoms with E-state index in [0.717, 1.165) is 12.1 Å². The van der Waals surface area contributed by atoms with Crippen LogP contribution >= 0.6 is 0 Å². The molecule has 0 unspecified atom stereocenters. The number of pyridine rings is 1. The molecule has 0 aliphatic heterocycles. The lowest BCUT2D eigenvalue weighted by Crippen LogP contribution is -2.05. The first-order valence-corrected chi connectivity index (χ1v) is 5.65. The average Bonchev–Trinajstić information content (AvgIpc) is 2.85. The Balaban J connectivity index is 2.34. The highest BCUT2D eigenvalue weighted by atomic mass is 19.4. The second-order valence-electron chi connectivity index (χ2n) is 4.23.